The molecular formula is C19H21NO4. The van der Waals surface area contributed by atoms with Gasteiger partial charge in [0.25, 0.3) is 5.69 Å². The van der Waals surface area contributed by atoms with Crippen molar-refractivity contribution in [2.24, 2.45) is 0 Å². The lowest BCUT2D eigenvalue weighted by Crippen LogP contribution is -2.13. The Hall–Kier alpha value is -2.69. The Kier molecular flexibility index (Phi) is 5.02. The minimum atomic E-state index is -0.586. The van der Waals surface area contributed by atoms with Crippen LogP contribution in [-0.4, -0.2) is 10.9 Å². The molecule has 0 aromatic heterocycles. The van der Waals surface area contributed by atoms with Crippen molar-refractivity contribution < 1.29 is 14.5 Å². The normalized spacial score (nSPS) is 12.5. The fourth-order valence-corrected chi connectivity index (χ4v) is 2.42. The molecule has 126 valence electrons. The lowest BCUT2D eigenvalue weighted by Gasteiger charge is -2.22. The van der Waals surface area contributed by atoms with Gasteiger partial charge in [0.15, 0.2) is 6.10 Å². The van der Waals surface area contributed by atoms with Gasteiger partial charge in [0.2, 0.25) is 0 Å². The summed E-state index contributed by atoms with van der Waals surface area (Å²) in [7, 11) is 0. The first-order valence-corrected chi connectivity index (χ1v) is 7.70. The lowest BCUT2D eigenvalue weighted by molar-refractivity contribution is -0.384. The van der Waals surface area contributed by atoms with Gasteiger partial charge in [0.1, 0.15) is 0 Å². The lowest BCUT2D eigenvalue weighted by atomic mass is 9.86. The summed E-state index contributed by atoms with van der Waals surface area (Å²) in [5, 5.41) is 10.8. The third kappa shape index (κ3) is 4.19. The van der Waals surface area contributed by atoms with Gasteiger partial charge in [-0.15, -0.1) is 0 Å². The van der Waals surface area contributed by atoms with Crippen LogP contribution in [-0.2, 0) is 14.9 Å². The van der Waals surface area contributed by atoms with E-state index in [-0.39, 0.29) is 11.1 Å². The largest absolute Gasteiger partial charge is 0.453 e. The molecule has 2 rings (SSSR count). The maximum absolute atomic E-state index is 11.5. The molecule has 0 unspecified atom stereocenters. The highest BCUT2D eigenvalue weighted by atomic mass is 16.6. The molecule has 0 heterocycles. The third-order valence-corrected chi connectivity index (χ3v) is 3.77. The topological polar surface area (TPSA) is 69.4 Å². The summed E-state index contributed by atoms with van der Waals surface area (Å²) in [5.74, 6) is -0.404. The number of nitro groups is 1. The van der Waals surface area contributed by atoms with Gasteiger partial charge in [-0.2, -0.15) is 0 Å². The number of nitrogens with zero attached hydrogens (tertiary/aromatic N) is 1. The van der Waals surface area contributed by atoms with Crippen LogP contribution in [0.3, 0.4) is 0 Å². The molecule has 0 amide bonds. The number of benzene rings is 2. The molecule has 5 nitrogen and oxygen atoms in total. The molecule has 5 heteroatoms. The van der Waals surface area contributed by atoms with Gasteiger partial charge in [-0.3, -0.25) is 14.9 Å². The van der Waals surface area contributed by atoms with Gasteiger partial charge in [-0.25, -0.2) is 0 Å². The van der Waals surface area contributed by atoms with Crippen molar-refractivity contribution >= 4 is 11.7 Å². The summed E-state index contributed by atoms with van der Waals surface area (Å²) in [6.07, 6.45) is -0.586. The smallest absolute Gasteiger partial charge is 0.303 e. The Bertz CT molecular complexity index is 727. The maximum Gasteiger partial charge on any atom is 0.303 e. The van der Waals surface area contributed by atoms with E-state index < -0.39 is 17.0 Å². The first kappa shape index (κ1) is 17.7. The standard InChI is InChI=1S/C19H21NO4/c1-13(21)24-18(15-7-11-17(12-8-15)20(22)23)14-5-9-16(10-6-14)19(2,3)4/h5-12,18H,1-4H3/t18-/m0/s1. The van der Waals surface area contributed by atoms with Crippen LogP contribution in [0.1, 0.15) is 50.5 Å². The summed E-state index contributed by atoms with van der Waals surface area (Å²) in [6, 6.07) is 13.9. The van der Waals surface area contributed by atoms with Crippen LogP contribution >= 0.6 is 0 Å². The Balaban J connectivity index is 2.38. The highest BCUT2D eigenvalue weighted by Gasteiger charge is 2.20. The second-order valence-electron chi connectivity index (χ2n) is 6.71. The van der Waals surface area contributed by atoms with Crippen LogP contribution in [0.15, 0.2) is 48.5 Å². The molecule has 0 radical (unpaired) electrons. The summed E-state index contributed by atoms with van der Waals surface area (Å²) in [4.78, 5) is 21.8. The number of carbonyl (C=O) groups excluding carboxylic acids is 1. The number of esters is 1. The maximum atomic E-state index is 11.5. The summed E-state index contributed by atoms with van der Waals surface area (Å²) in [5.41, 5.74) is 2.73. The van der Waals surface area contributed by atoms with Crippen molar-refractivity contribution in [3.63, 3.8) is 0 Å². The highest BCUT2D eigenvalue weighted by Crippen LogP contribution is 2.30. The molecule has 24 heavy (non-hydrogen) atoms. The molecule has 0 aliphatic heterocycles. The van der Waals surface area contributed by atoms with E-state index in [4.69, 9.17) is 4.74 Å². The third-order valence-electron chi connectivity index (χ3n) is 3.77. The van der Waals surface area contributed by atoms with Gasteiger partial charge in [0, 0.05) is 19.1 Å². The van der Waals surface area contributed by atoms with Crippen molar-refractivity contribution in [3.05, 3.63) is 75.3 Å². The minimum absolute atomic E-state index is 0.00315. The van der Waals surface area contributed by atoms with E-state index >= 15 is 0 Å². The van der Waals surface area contributed by atoms with Crippen LogP contribution in [0.5, 0.6) is 0 Å². The molecule has 0 aliphatic carbocycles. The fraction of sp³-hybridized carbons (Fsp3) is 0.316. The molecule has 2 aromatic rings. The number of non-ortho nitro benzene ring substituents is 1. The van der Waals surface area contributed by atoms with Crippen molar-refractivity contribution in [3.8, 4) is 0 Å². The molecule has 0 aliphatic rings. The molecule has 1 atom stereocenters. The van der Waals surface area contributed by atoms with Crippen molar-refractivity contribution in [1.29, 1.82) is 0 Å². The number of rotatable bonds is 4. The average Bonchev–Trinajstić information content (AvgIpc) is 2.52. The zero-order valence-electron chi connectivity index (χ0n) is 14.3. The fourth-order valence-electron chi connectivity index (χ4n) is 2.42. The van der Waals surface area contributed by atoms with E-state index in [9.17, 15) is 14.9 Å². The molecule has 0 N–H and O–H groups in total. The molecule has 0 bridgehead atoms. The monoisotopic (exact) mass is 327 g/mol. The highest BCUT2D eigenvalue weighted by molar-refractivity contribution is 5.67. The van der Waals surface area contributed by atoms with Crippen LogP contribution < -0.4 is 0 Å². The Morgan fingerprint density at radius 1 is 1.00 bits per heavy atom. The quantitative estimate of drug-likeness (QED) is 0.469. The van der Waals surface area contributed by atoms with Crippen molar-refractivity contribution in [2.75, 3.05) is 0 Å². The molecule has 0 fully saturated rings. The van der Waals surface area contributed by atoms with Crippen LogP contribution in [0.4, 0.5) is 5.69 Å². The number of hydrogen-bond acceptors (Lipinski definition) is 4. The van der Waals surface area contributed by atoms with Crippen LogP contribution in [0.2, 0.25) is 0 Å². The summed E-state index contributed by atoms with van der Waals surface area (Å²) >= 11 is 0. The van der Waals surface area contributed by atoms with Gasteiger partial charge >= 0.3 is 5.97 Å². The molecule has 0 saturated carbocycles. The second-order valence-corrected chi connectivity index (χ2v) is 6.71. The molecular weight excluding hydrogens is 306 g/mol. The van der Waals surface area contributed by atoms with E-state index in [0.717, 1.165) is 5.56 Å². The van der Waals surface area contributed by atoms with E-state index in [0.29, 0.717) is 5.56 Å². The van der Waals surface area contributed by atoms with Gasteiger partial charge in [0.05, 0.1) is 4.92 Å². The van der Waals surface area contributed by atoms with E-state index in [1.807, 2.05) is 24.3 Å². The van der Waals surface area contributed by atoms with E-state index in [2.05, 4.69) is 20.8 Å². The van der Waals surface area contributed by atoms with Gasteiger partial charge < -0.3 is 4.74 Å². The van der Waals surface area contributed by atoms with Gasteiger partial charge in [-0.05, 0) is 34.2 Å². The van der Waals surface area contributed by atoms with E-state index in [1.54, 1.807) is 12.1 Å². The Labute approximate surface area is 141 Å². The molecule has 2 aromatic carbocycles. The Morgan fingerprint density at radius 3 is 1.83 bits per heavy atom. The Morgan fingerprint density at radius 2 is 1.46 bits per heavy atom. The molecule has 0 spiro atoms. The second kappa shape index (κ2) is 6.83. The van der Waals surface area contributed by atoms with Crippen molar-refractivity contribution in [1.82, 2.24) is 0 Å². The van der Waals surface area contributed by atoms with Crippen LogP contribution in [0, 0.1) is 10.1 Å². The number of ether oxygens (including phenoxy) is 1. The van der Waals surface area contributed by atoms with Gasteiger partial charge in [-0.1, -0.05) is 45.0 Å². The zero-order chi connectivity index (χ0) is 17.9. The van der Waals surface area contributed by atoms with E-state index in [1.165, 1.54) is 24.6 Å². The van der Waals surface area contributed by atoms with Crippen LogP contribution in [0.25, 0.3) is 0 Å². The minimum Gasteiger partial charge on any atom is -0.453 e. The first-order chi connectivity index (χ1) is 11.2. The predicted octanol–water partition coefficient (Wildman–Crippen LogP) is 4.54. The number of nitro benzene ring substituents is 1. The predicted molar refractivity (Wildman–Crippen MR) is 91.8 cm³/mol. The molecule has 0 saturated heterocycles. The SMILES string of the molecule is CC(=O)O[C@H](c1ccc([N+](=O)[O-])cc1)c1ccc(C(C)(C)C)cc1. The summed E-state index contributed by atoms with van der Waals surface area (Å²) < 4.78 is 5.44. The van der Waals surface area contributed by atoms with Crippen molar-refractivity contribution in [2.45, 2.75) is 39.2 Å². The number of hydrogen-bond donors (Lipinski definition) is 0. The zero-order valence-corrected chi connectivity index (χ0v) is 14.3. The number of carbonyl (C=O) groups is 1. The average molecular weight is 327 g/mol. The summed E-state index contributed by atoms with van der Waals surface area (Å²) in [6.45, 7) is 7.73. The first-order valence-electron chi connectivity index (χ1n) is 7.70.